The Morgan fingerprint density at radius 1 is 0.971 bits per heavy atom. The molecule has 1 aliphatic rings. The number of rotatable bonds is 7. The van der Waals surface area contributed by atoms with Gasteiger partial charge in [-0.15, -0.1) is 0 Å². The van der Waals surface area contributed by atoms with E-state index in [1.807, 2.05) is 12.1 Å². The molecule has 34 heavy (non-hydrogen) atoms. The number of hydrogen-bond donors (Lipinski definition) is 1. The average Bonchev–Trinajstić information content (AvgIpc) is 3.13. The molecule has 0 spiro atoms. The Bertz CT molecular complexity index is 1240. The zero-order chi connectivity index (χ0) is 24.2. The van der Waals surface area contributed by atoms with Crippen molar-refractivity contribution in [3.63, 3.8) is 0 Å². The van der Waals surface area contributed by atoms with Gasteiger partial charge in [-0.25, -0.2) is 0 Å². The van der Waals surface area contributed by atoms with Crippen LogP contribution in [-0.2, 0) is 16.1 Å². The highest BCUT2D eigenvalue weighted by Crippen LogP contribution is 2.42. The number of amides is 1. The van der Waals surface area contributed by atoms with E-state index in [9.17, 15) is 14.7 Å². The first kappa shape index (κ1) is 22.8. The van der Waals surface area contributed by atoms with Gasteiger partial charge < -0.3 is 24.2 Å². The number of ether oxygens (including phenoxy) is 3. The molecular weight excluding hydrogens is 436 g/mol. The van der Waals surface area contributed by atoms with Gasteiger partial charge in [0.25, 0.3) is 11.7 Å². The summed E-state index contributed by atoms with van der Waals surface area (Å²) in [4.78, 5) is 32.0. The number of pyridine rings is 1. The molecule has 1 aliphatic heterocycles. The number of aliphatic hydroxyl groups excluding tert-OH is 1. The quantitative estimate of drug-likeness (QED) is 0.326. The van der Waals surface area contributed by atoms with Gasteiger partial charge in [0.1, 0.15) is 23.0 Å². The van der Waals surface area contributed by atoms with Gasteiger partial charge in [0.2, 0.25) is 0 Å². The van der Waals surface area contributed by atoms with Crippen molar-refractivity contribution in [2.75, 3.05) is 21.3 Å². The number of ketones is 1. The second-order valence-corrected chi connectivity index (χ2v) is 7.63. The van der Waals surface area contributed by atoms with E-state index in [1.54, 1.807) is 62.0 Å². The van der Waals surface area contributed by atoms with Gasteiger partial charge >= 0.3 is 0 Å². The molecule has 1 unspecified atom stereocenters. The molecule has 0 radical (unpaired) electrons. The molecule has 2 heterocycles. The van der Waals surface area contributed by atoms with E-state index in [4.69, 9.17) is 14.2 Å². The molecule has 4 rings (SSSR count). The zero-order valence-electron chi connectivity index (χ0n) is 19.0. The lowest BCUT2D eigenvalue weighted by molar-refractivity contribution is -0.140. The molecule has 1 amide bonds. The molecule has 1 atom stereocenters. The maximum absolute atomic E-state index is 13.2. The van der Waals surface area contributed by atoms with Gasteiger partial charge in [0.05, 0.1) is 38.5 Å². The van der Waals surface area contributed by atoms with Crippen molar-refractivity contribution in [1.82, 2.24) is 9.88 Å². The van der Waals surface area contributed by atoms with E-state index >= 15 is 0 Å². The number of Topliss-reactive ketones (excluding diaryl/α,β-unsaturated/α-hetero) is 1. The summed E-state index contributed by atoms with van der Waals surface area (Å²) in [6, 6.07) is 14.7. The average molecular weight is 460 g/mol. The number of nitrogens with zero attached hydrogens (tertiary/aromatic N) is 2. The van der Waals surface area contributed by atoms with Crippen molar-refractivity contribution in [1.29, 1.82) is 0 Å². The second kappa shape index (κ2) is 9.66. The summed E-state index contributed by atoms with van der Waals surface area (Å²) in [6.45, 7) is 0.157. The minimum Gasteiger partial charge on any atom is -0.507 e. The lowest BCUT2D eigenvalue weighted by Gasteiger charge is -2.25. The van der Waals surface area contributed by atoms with Crippen LogP contribution in [0.4, 0.5) is 0 Å². The van der Waals surface area contributed by atoms with E-state index < -0.39 is 17.7 Å². The third-order valence-electron chi connectivity index (χ3n) is 5.72. The molecule has 1 N–H and O–H groups in total. The topological polar surface area (TPSA) is 98.2 Å². The smallest absolute Gasteiger partial charge is 0.295 e. The highest BCUT2D eigenvalue weighted by atomic mass is 16.5. The standard InChI is InChI=1S/C26H24N2O6/c1-32-18-8-6-16(7-9-18)15-28-23(17-5-4-12-27-14-17)22(25(30)26(28)31)24(29)20-11-10-19(33-2)13-21(20)34-3/h4-14,23,29H,15H2,1-3H3/b24-22-. The molecular formula is C26H24N2O6. The van der Waals surface area contributed by atoms with Crippen LogP contribution in [0, 0.1) is 0 Å². The first-order chi connectivity index (χ1) is 16.5. The van der Waals surface area contributed by atoms with Crippen LogP contribution in [0.2, 0.25) is 0 Å². The molecule has 1 aromatic heterocycles. The predicted molar refractivity (Wildman–Crippen MR) is 125 cm³/mol. The fourth-order valence-corrected chi connectivity index (χ4v) is 3.99. The molecule has 0 bridgehead atoms. The van der Waals surface area contributed by atoms with Gasteiger partial charge in [-0.2, -0.15) is 0 Å². The SMILES string of the molecule is COc1ccc(CN2C(=O)C(=O)/C(=C(\O)c3ccc(OC)cc3OC)C2c2cccnc2)cc1. The van der Waals surface area contributed by atoms with Crippen LogP contribution in [0.15, 0.2) is 72.6 Å². The van der Waals surface area contributed by atoms with E-state index in [1.165, 1.54) is 19.1 Å². The molecule has 3 aromatic rings. The van der Waals surface area contributed by atoms with Crippen molar-refractivity contribution < 1.29 is 28.9 Å². The van der Waals surface area contributed by atoms with Crippen LogP contribution in [0.1, 0.15) is 22.7 Å². The van der Waals surface area contributed by atoms with Crippen molar-refractivity contribution in [3.05, 3.63) is 89.3 Å². The lowest BCUT2D eigenvalue weighted by Crippen LogP contribution is -2.29. The van der Waals surface area contributed by atoms with Crippen molar-refractivity contribution >= 4 is 17.4 Å². The number of benzene rings is 2. The highest BCUT2D eigenvalue weighted by molar-refractivity contribution is 6.46. The third kappa shape index (κ3) is 4.17. The van der Waals surface area contributed by atoms with E-state index in [0.29, 0.717) is 22.8 Å². The Morgan fingerprint density at radius 2 is 1.68 bits per heavy atom. The van der Waals surface area contributed by atoms with E-state index in [2.05, 4.69) is 4.98 Å². The van der Waals surface area contributed by atoms with Crippen LogP contribution >= 0.6 is 0 Å². The van der Waals surface area contributed by atoms with Crippen molar-refractivity contribution in [3.8, 4) is 17.2 Å². The Labute approximate surface area is 197 Å². The number of carbonyl (C=O) groups is 2. The van der Waals surface area contributed by atoms with Gasteiger partial charge in [-0.1, -0.05) is 18.2 Å². The van der Waals surface area contributed by atoms with Crippen molar-refractivity contribution in [2.45, 2.75) is 12.6 Å². The highest BCUT2D eigenvalue weighted by Gasteiger charge is 2.46. The Kier molecular flexibility index (Phi) is 6.49. The summed E-state index contributed by atoms with van der Waals surface area (Å²) in [5.74, 6) is -0.304. The van der Waals surface area contributed by atoms with Crippen LogP contribution in [0.5, 0.6) is 17.2 Å². The van der Waals surface area contributed by atoms with Gasteiger partial charge in [0.15, 0.2) is 0 Å². The number of carbonyl (C=O) groups excluding carboxylic acids is 2. The maximum atomic E-state index is 13.2. The lowest BCUT2D eigenvalue weighted by atomic mass is 9.95. The van der Waals surface area contributed by atoms with Crippen LogP contribution in [0.25, 0.3) is 5.76 Å². The first-order valence-electron chi connectivity index (χ1n) is 10.5. The molecule has 0 aliphatic carbocycles. The number of likely N-dealkylation sites (tertiary alicyclic amines) is 1. The van der Waals surface area contributed by atoms with Crippen molar-refractivity contribution in [2.24, 2.45) is 0 Å². The predicted octanol–water partition coefficient (Wildman–Crippen LogP) is 3.73. The normalized spacial score (nSPS) is 17.0. The molecule has 8 heteroatoms. The third-order valence-corrected chi connectivity index (χ3v) is 5.72. The largest absolute Gasteiger partial charge is 0.507 e. The van der Waals surface area contributed by atoms with Gasteiger partial charge in [-0.3, -0.25) is 14.6 Å². The minimum absolute atomic E-state index is 0.0324. The molecule has 2 aromatic carbocycles. The van der Waals surface area contributed by atoms with Gasteiger partial charge in [0, 0.05) is 25.0 Å². The number of aliphatic hydroxyl groups is 1. The monoisotopic (exact) mass is 460 g/mol. The fourth-order valence-electron chi connectivity index (χ4n) is 3.99. The summed E-state index contributed by atoms with van der Waals surface area (Å²) >= 11 is 0. The molecule has 8 nitrogen and oxygen atoms in total. The van der Waals surface area contributed by atoms with E-state index in [-0.39, 0.29) is 23.4 Å². The second-order valence-electron chi connectivity index (χ2n) is 7.63. The first-order valence-corrected chi connectivity index (χ1v) is 10.5. The fraction of sp³-hybridized carbons (Fsp3) is 0.192. The molecule has 174 valence electrons. The van der Waals surface area contributed by atoms with Crippen LogP contribution in [0.3, 0.4) is 0 Å². The number of methoxy groups -OCH3 is 3. The summed E-state index contributed by atoms with van der Waals surface area (Å²) in [7, 11) is 4.54. The van der Waals surface area contributed by atoms with Crippen LogP contribution < -0.4 is 14.2 Å². The number of aromatic nitrogens is 1. The van der Waals surface area contributed by atoms with Gasteiger partial charge in [-0.05, 0) is 41.5 Å². The van der Waals surface area contributed by atoms with Crippen LogP contribution in [-0.4, -0.2) is 48.0 Å². The summed E-state index contributed by atoms with van der Waals surface area (Å²) < 4.78 is 15.8. The summed E-state index contributed by atoms with van der Waals surface area (Å²) in [6.07, 6.45) is 3.18. The molecule has 1 fully saturated rings. The van der Waals surface area contributed by atoms with E-state index in [0.717, 1.165) is 5.56 Å². The maximum Gasteiger partial charge on any atom is 0.295 e. The number of hydrogen-bond acceptors (Lipinski definition) is 7. The zero-order valence-corrected chi connectivity index (χ0v) is 19.0. The Morgan fingerprint density at radius 3 is 2.29 bits per heavy atom. The minimum atomic E-state index is -0.831. The summed E-state index contributed by atoms with van der Waals surface area (Å²) in [5.41, 5.74) is 1.65. The Balaban J connectivity index is 1.84. The molecule has 1 saturated heterocycles. The molecule has 0 saturated carbocycles. The summed E-state index contributed by atoms with van der Waals surface area (Å²) in [5, 5.41) is 11.3. The Hall–Kier alpha value is -4.33.